The smallest absolute Gasteiger partial charge is 0.339 e. The highest BCUT2D eigenvalue weighted by Crippen LogP contribution is 2.34. The molecule has 0 bridgehead atoms. The van der Waals surface area contributed by atoms with Crippen LogP contribution in [0.4, 0.5) is 5.69 Å². The number of carbonyl (C=O) groups excluding carboxylic acids is 2. The second kappa shape index (κ2) is 12.0. The van der Waals surface area contributed by atoms with Crippen molar-refractivity contribution in [1.82, 2.24) is 4.98 Å². The van der Waals surface area contributed by atoms with Crippen molar-refractivity contribution in [3.8, 4) is 28.5 Å². The van der Waals surface area contributed by atoms with E-state index in [2.05, 4.69) is 11.4 Å². The quantitative estimate of drug-likeness (QED) is 0.216. The molecule has 0 aliphatic rings. The van der Waals surface area contributed by atoms with E-state index in [1.54, 1.807) is 24.3 Å². The number of hydrogen-bond donors (Lipinski definition) is 1. The molecule has 0 unspecified atom stereocenters. The lowest BCUT2D eigenvalue weighted by Crippen LogP contribution is -2.15. The molecule has 6 nitrogen and oxygen atoms in total. The molecular formula is C30H25N3O3S. The number of nitriles is 1. The van der Waals surface area contributed by atoms with E-state index < -0.39 is 5.97 Å². The number of ether oxygens (including phenoxy) is 1. The lowest BCUT2D eigenvalue weighted by atomic mass is 9.98. The van der Waals surface area contributed by atoms with Crippen LogP contribution in [0.25, 0.3) is 22.4 Å². The lowest BCUT2D eigenvalue weighted by molar-refractivity contribution is -0.115. The summed E-state index contributed by atoms with van der Waals surface area (Å²) in [4.78, 5) is 29.4. The van der Waals surface area contributed by atoms with Crippen LogP contribution in [-0.2, 0) is 9.53 Å². The summed E-state index contributed by atoms with van der Waals surface area (Å²) in [6.07, 6.45) is 0.169. The van der Waals surface area contributed by atoms with Crippen molar-refractivity contribution in [1.29, 1.82) is 5.26 Å². The standard InChI is InChI=1S/C30H25N3O3S/c1-20-12-14-21(15-13-20)24-18-27(22-8-4-3-5-9-22)33-29(25(24)19-31)37-17-16-28(34)32-26-11-7-6-10-23(26)30(35)36-2/h3-15,18H,16-17H2,1-2H3,(H,32,34). The molecule has 0 saturated carbocycles. The fourth-order valence-corrected chi connectivity index (χ4v) is 4.73. The summed E-state index contributed by atoms with van der Waals surface area (Å²) in [5.74, 6) is -0.366. The second-order valence-electron chi connectivity index (χ2n) is 8.26. The van der Waals surface area contributed by atoms with Crippen LogP contribution in [0, 0.1) is 18.3 Å². The van der Waals surface area contributed by atoms with Crippen LogP contribution < -0.4 is 5.32 Å². The molecule has 1 amide bonds. The molecule has 0 radical (unpaired) electrons. The van der Waals surface area contributed by atoms with Gasteiger partial charge in [-0.3, -0.25) is 4.79 Å². The maximum absolute atomic E-state index is 12.7. The van der Waals surface area contributed by atoms with Crippen molar-refractivity contribution >= 4 is 29.3 Å². The summed E-state index contributed by atoms with van der Waals surface area (Å²) in [7, 11) is 1.30. The number of para-hydroxylation sites is 1. The highest BCUT2D eigenvalue weighted by molar-refractivity contribution is 7.99. The minimum absolute atomic E-state index is 0.169. The van der Waals surface area contributed by atoms with Crippen molar-refractivity contribution in [2.24, 2.45) is 0 Å². The normalized spacial score (nSPS) is 10.4. The third-order valence-corrected chi connectivity index (χ3v) is 6.68. The zero-order chi connectivity index (χ0) is 26.2. The van der Waals surface area contributed by atoms with Gasteiger partial charge in [0.1, 0.15) is 11.1 Å². The van der Waals surface area contributed by atoms with Crippen molar-refractivity contribution in [3.05, 3.63) is 102 Å². The van der Waals surface area contributed by atoms with Crippen molar-refractivity contribution in [3.63, 3.8) is 0 Å². The third-order valence-electron chi connectivity index (χ3n) is 5.70. The number of esters is 1. The average Bonchev–Trinajstić information content (AvgIpc) is 2.93. The zero-order valence-electron chi connectivity index (χ0n) is 20.5. The van der Waals surface area contributed by atoms with Crippen molar-refractivity contribution < 1.29 is 14.3 Å². The van der Waals surface area contributed by atoms with Gasteiger partial charge in [-0.25, -0.2) is 9.78 Å². The number of amides is 1. The number of anilines is 1. The molecule has 1 N–H and O–H groups in total. The summed E-state index contributed by atoms with van der Waals surface area (Å²) < 4.78 is 4.79. The van der Waals surface area contributed by atoms with Gasteiger partial charge < -0.3 is 10.1 Å². The molecule has 0 saturated heterocycles. The number of benzene rings is 3. The summed E-state index contributed by atoms with van der Waals surface area (Å²) >= 11 is 1.36. The van der Waals surface area contributed by atoms with Crippen LogP contribution in [0.3, 0.4) is 0 Å². The van der Waals surface area contributed by atoms with Gasteiger partial charge in [0.2, 0.25) is 5.91 Å². The van der Waals surface area contributed by atoms with Crippen LogP contribution in [0.1, 0.15) is 27.9 Å². The van der Waals surface area contributed by atoms with Crippen LogP contribution in [-0.4, -0.2) is 29.7 Å². The van der Waals surface area contributed by atoms with E-state index in [4.69, 9.17) is 9.72 Å². The first-order chi connectivity index (χ1) is 18.0. The van der Waals surface area contributed by atoms with Gasteiger partial charge in [0.05, 0.1) is 29.6 Å². The van der Waals surface area contributed by atoms with E-state index in [-0.39, 0.29) is 17.9 Å². The van der Waals surface area contributed by atoms with E-state index in [0.29, 0.717) is 22.0 Å². The summed E-state index contributed by atoms with van der Waals surface area (Å²) in [6.45, 7) is 2.02. The minimum atomic E-state index is -0.519. The van der Waals surface area contributed by atoms with E-state index >= 15 is 0 Å². The lowest BCUT2D eigenvalue weighted by Gasteiger charge is -2.13. The van der Waals surface area contributed by atoms with Crippen LogP contribution >= 0.6 is 11.8 Å². The van der Waals surface area contributed by atoms with E-state index in [0.717, 1.165) is 27.9 Å². The molecule has 4 rings (SSSR count). The molecule has 3 aromatic carbocycles. The van der Waals surface area contributed by atoms with Crippen LogP contribution in [0.5, 0.6) is 0 Å². The van der Waals surface area contributed by atoms with Crippen molar-refractivity contribution in [2.75, 3.05) is 18.2 Å². The summed E-state index contributed by atoms with van der Waals surface area (Å²) in [5, 5.41) is 13.4. The van der Waals surface area contributed by atoms with Crippen LogP contribution in [0.15, 0.2) is 90.0 Å². The number of nitrogens with one attached hydrogen (secondary N) is 1. The first-order valence-corrected chi connectivity index (χ1v) is 12.7. The molecular weight excluding hydrogens is 482 g/mol. The Morgan fingerprint density at radius 1 is 0.973 bits per heavy atom. The van der Waals surface area contributed by atoms with E-state index in [9.17, 15) is 14.9 Å². The Bertz CT molecular complexity index is 1460. The van der Waals surface area contributed by atoms with Gasteiger partial charge in [0.15, 0.2) is 0 Å². The fraction of sp³-hybridized carbons (Fsp3) is 0.133. The first-order valence-electron chi connectivity index (χ1n) is 11.7. The Morgan fingerprint density at radius 2 is 1.68 bits per heavy atom. The molecule has 184 valence electrons. The zero-order valence-corrected chi connectivity index (χ0v) is 21.3. The number of aromatic nitrogens is 1. The van der Waals surface area contributed by atoms with Gasteiger partial charge in [0, 0.05) is 23.3 Å². The van der Waals surface area contributed by atoms with Gasteiger partial charge in [-0.15, -0.1) is 11.8 Å². The van der Waals surface area contributed by atoms with Gasteiger partial charge >= 0.3 is 5.97 Å². The average molecular weight is 508 g/mol. The Morgan fingerprint density at radius 3 is 2.38 bits per heavy atom. The number of hydrogen-bond acceptors (Lipinski definition) is 6. The number of thioether (sulfide) groups is 1. The molecule has 0 atom stereocenters. The fourth-order valence-electron chi connectivity index (χ4n) is 3.78. The Kier molecular flexibility index (Phi) is 8.34. The Hall–Kier alpha value is -4.41. The van der Waals surface area contributed by atoms with Gasteiger partial charge in [-0.1, -0.05) is 72.3 Å². The number of pyridine rings is 1. The maximum atomic E-state index is 12.7. The Labute approximate surface area is 220 Å². The molecule has 0 aliphatic carbocycles. The molecule has 0 fully saturated rings. The molecule has 1 aromatic heterocycles. The monoisotopic (exact) mass is 507 g/mol. The number of aryl methyl sites for hydroxylation is 1. The molecule has 0 spiro atoms. The number of nitrogens with zero attached hydrogens (tertiary/aromatic N) is 2. The SMILES string of the molecule is COC(=O)c1ccccc1NC(=O)CCSc1nc(-c2ccccc2)cc(-c2ccc(C)cc2)c1C#N. The highest BCUT2D eigenvalue weighted by Gasteiger charge is 2.17. The molecule has 37 heavy (non-hydrogen) atoms. The predicted octanol–water partition coefficient (Wildman–Crippen LogP) is 6.50. The first kappa shape index (κ1) is 25.7. The third kappa shape index (κ3) is 6.24. The highest BCUT2D eigenvalue weighted by atomic mass is 32.2. The van der Waals surface area contributed by atoms with Gasteiger partial charge in [0.25, 0.3) is 0 Å². The number of rotatable bonds is 8. The van der Waals surface area contributed by atoms with E-state index in [1.807, 2.05) is 67.6 Å². The van der Waals surface area contributed by atoms with Gasteiger partial charge in [-0.05, 0) is 30.7 Å². The molecule has 1 heterocycles. The number of carbonyl (C=O) groups is 2. The molecule has 4 aromatic rings. The van der Waals surface area contributed by atoms with E-state index in [1.165, 1.54) is 18.9 Å². The second-order valence-corrected chi connectivity index (χ2v) is 9.35. The summed E-state index contributed by atoms with van der Waals surface area (Å²) in [5.41, 5.74) is 5.73. The summed E-state index contributed by atoms with van der Waals surface area (Å²) in [6, 6.07) is 28.8. The number of methoxy groups -OCH3 is 1. The van der Waals surface area contributed by atoms with Crippen molar-refractivity contribution in [2.45, 2.75) is 18.4 Å². The Balaban J connectivity index is 1.58. The van der Waals surface area contributed by atoms with Crippen LogP contribution in [0.2, 0.25) is 0 Å². The molecule has 0 aliphatic heterocycles. The largest absolute Gasteiger partial charge is 0.465 e. The topological polar surface area (TPSA) is 92.1 Å². The van der Waals surface area contributed by atoms with Gasteiger partial charge in [-0.2, -0.15) is 5.26 Å². The molecule has 7 heteroatoms. The maximum Gasteiger partial charge on any atom is 0.339 e. The minimum Gasteiger partial charge on any atom is -0.465 e. The predicted molar refractivity (Wildman–Crippen MR) is 146 cm³/mol.